The number of aromatic nitrogens is 2. The van der Waals surface area contributed by atoms with Crippen molar-refractivity contribution in [3.8, 4) is 5.75 Å². The van der Waals surface area contributed by atoms with Crippen LogP contribution in [0, 0.1) is 13.8 Å². The summed E-state index contributed by atoms with van der Waals surface area (Å²) in [5, 5.41) is 9.24. The number of nitrogens with zero attached hydrogens (tertiary/aromatic N) is 4. The number of carbonyl (C=O) groups excluding carboxylic acids is 2. The first-order valence-corrected chi connectivity index (χ1v) is 17.2. The summed E-state index contributed by atoms with van der Waals surface area (Å²) in [5.41, 5.74) is 4.01. The van der Waals surface area contributed by atoms with E-state index in [1.165, 1.54) is 22.7 Å². The lowest BCUT2D eigenvalue weighted by Crippen LogP contribution is -2.46. The van der Waals surface area contributed by atoms with E-state index in [1.807, 2.05) is 30.5 Å². The van der Waals surface area contributed by atoms with E-state index in [0.717, 1.165) is 17.0 Å². The molecule has 1 saturated heterocycles. The molecule has 12 nitrogen and oxygen atoms in total. The number of amides is 2. The molecular weight excluding hydrogens is 665 g/mol. The Balaban J connectivity index is 1.20. The van der Waals surface area contributed by atoms with Crippen LogP contribution in [-0.4, -0.2) is 65.8 Å². The van der Waals surface area contributed by atoms with Crippen molar-refractivity contribution in [3.63, 3.8) is 0 Å². The van der Waals surface area contributed by atoms with Crippen LogP contribution in [0.15, 0.2) is 64.7 Å². The Bertz CT molecular complexity index is 1930. The minimum absolute atomic E-state index is 0.0656. The zero-order valence-electron chi connectivity index (χ0n) is 25.9. The number of imidazole rings is 1. The molecule has 1 atom stereocenters. The fourth-order valence-electron chi connectivity index (χ4n) is 5.39. The quantitative estimate of drug-likeness (QED) is 0.0864. The first kappa shape index (κ1) is 34.2. The first-order valence-electron chi connectivity index (χ1n) is 15.0. The number of nitrogens with two attached hydrogens (primary N) is 1. The van der Waals surface area contributed by atoms with Crippen LogP contribution in [-0.2, 0) is 21.4 Å². The maximum Gasteiger partial charge on any atom is 0.251 e. The van der Waals surface area contributed by atoms with Crippen molar-refractivity contribution in [1.82, 2.24) is 24.3 Å². The van der Waals surface area contributed by atoms with Crippen LogP contribution in [0.2, 0.25) is 10.0 Å². The van der Waals surface area contributed by atoms with Gasteiger partial charge in [0.05, 0.1) is 16.9 Å². The van der Waals surface area contributed by atoms with E-state index in [4.69, 9.17) is 33.8 Å². The average Bonchev–Trinajstić information content (AvgIpc) is 3.67. The number of hydrogen-bond acceptors (Lipinski definition) is 8. The van der Waals surface area contributed by atoms with Crippen molar-refractivity contribution >= 4 is 56.9 Å². The molecule has 47 heavy (non-hydrogen) atoms. The molecule has 1 aliphatic heterocycles. The monoisotopic (exact) mass is 699 g/mol. The number of benzene rings is 2. The molecule has 4 aromatic rings. The Morgan fingerprint density at radius 3 is 2.60 bits per heavy atom. The van der Waals surface area contributed by atoms with Crippen molar-refractivity contribution < 1.29 is 22.7 Å². The summed E-state index contributed by atoms with van der Waals surface area (Å²) >= 11 is 13.2. The molecule has 3 heterocycles. The zero-order chi connectivity index (χ0) is 33.7. The van der Waals surface area contributed by atoms with Crippen LogP contribution in [0.1, 0.15) is 52.1 Å². The van der Waals surface area contributed by atoms with Crippen molar-refractivity contribution in [2.24, 2.45) is 10.9 Å². The number of fused-ring (bicyclic) bond motifs is 1. The van der Waals surface area contributed by atoms with Gasteiger partial charge < -0.3 is 25.6 Å². The third kappa shape index (κ3) is 7.38. The highest BCUT2D eigenvalue weighted by molar-refractivity contribution is 7.89. The lowest BCUT2D eigenvalue weighted by Gasteiger charge is -2.24. The summed E-state index contributed by atoms with van der Waals surface area (Å²) < 4.78 is 36.9. The number of aryl methyl sites for hydroxylation is 2. The highest BCUT2D eigenvalue weighted by Gasteiger charge is 2.40. The number of sulfonamides is 1. The van der Waals surface area contributed by atoms with Crippen LogP contribution < -0.4 is 21.2 Å². The van der Waals surface area contributed by atoms with E-state index < -0.39 is 22.0 Å². The second-order valence-corrected chi connectivity index (χ2v) is 13.7. The SMILES string of the molecule is Cc1nc2c(OCc3c(Cl)ccc(S(=O)(=O)N4CCC[C@H]4C(=O)NCCCNC(=O)c4ccc(C=NN)cc4)c3Cl)cccn2c1C. The van der Waals surface area contributed by atoms with Gasteiger partial charge >= 0.3 is 0 Å². The Morgan fingerprint density at radius 2 is 1.85 bits per heavy atom. The molecule has 0 unspecified atom stereocenters. The summed E-state index contributed by atoms with van der Waals surface area (Å²) in [6.07, 6.45) is 4.68. The molecule has 2 amide bonds. The smallest absolute Gasteiger partial charge is 0.251 e. The third-order valence-electron chi connectivity index (χ3n) is 8.04. The van der Waals surface area contributed by atoms with Crippen LogP contribution in [0.5, 0.6) is 5.75 Å². The van der Waals surface area contributed by atoms with Gasteiger partial charge in [0.15, 0.2) is 11.4 Å². The number of carbonyl (C=O) groups is 2. The highest BCUT2D eigenvalue weighted by atomic mass is 35.5. The van der Waals surface area contributed by atoms with E-state index in [-0.39, 0.29) is 40.5 Å². The van der Waals surface area contributed by atoms with E-state index in [0.29, 0.717) is 48.3 Å². The fourth-order valence-corrected chi connectivity index (χ4v) is 7.91. The number of hydrogen-bond donors (Lipinski definition) is 3. The van der Waals surface area contributed by atoms with E-state index in [1.54, 1.807) is 30.3 Å². The fraction of sp³-hybridized carbons (Fsp3) is 0.312. The van der Waals surface area contributed by atoms with Gasteiger partial charge in [0.25, 0.3) is 5.91 Å². The lowest BCUT2D eigenvalue weighted by molar-refractivity contribution is -0.124. The summed E-state index contributed by atoms with van der Waals surface area (Å²) in [5.74, 6) is 4.96. The number of ether oxygens (including phenoxy) is 1. The Hall–Kier alpha value is -4.17. The molecule has 2 aromatic heterocycles. The van der Waals surface area contributed by atoms with E-state index in [2.05, 4.69) is 20.7 Å². The van der Waals surface area contributed by atoms with Crippen LogP contribution in [0.25, 0.3) is 5.65 Å². The number of halogens is 2. The summed E-state index contributed by atoms with van der Waals surface area (Å²) in [6.45, 7) is 4.50. The zero-order valence-corrected chi connectivity index (χ0v) is 28.2. The predicted molar refractivity (Wildman–Crippen MR) is 181 cm³/mol. The van der Waals surface area contributed by atoms with Crippen molar-refractivity contribution in [3.05, 3.63) is 92.9 Å². The minimum Gasteiger partial charge on any atom is -0.485 e. The van der Waals surface area contributed by atoms with Gasteiger partial charge in [-0.2, -0.15) is 9.41 Å². The molecule has 0 saturated carbocycles. The Morgan fingerprint density at radius 1 is 1.11 bits per heavy atom. The molecule has 5 rings (SSSR count). The summed E-state index contributed by atoms with van der Waals surface area (Å²) in [7, 11) is -4.17. The molecule has 0 radical (unpaired) electrons. The van der Waals surface area contributed by atoms with E-state index in [9.17, 15) is 18.0 Å². The van der Waals surface area contributed by atoms with Crippen molar-refractivity contribution in [2.45, 2.75) is 50.7 Å². The molecule has 2 aromatic carbocycles. The van der Waals surface area contributed by atoms with Crippen molar-refractivity contribution in [1.29, 1.82) is 0 Å². The molecule has 4 N–H and O–H groups in total. The largest absolute Gasteiger partial charge is 0.485 e. The molecule has 248 valence electrons. The Labute approximate surface area is 282 Å². The molecule has 15 heteroatoms. The predicted octanol–water partition coefficient (Wildman–Crippen LogP) is 4.22. The lowest BCUT2D eigenvalue weighted by atomic mass is 10.1. The minimum atomic E-state index is -4.17. The normalized spacial score (nSPS) is 15.4. The van der Waals surface area contributed by atoms with Crippen molar-refractivity contribution in [2.75, 3.05) is 19.6 Å². The molecule has 0 aliphatic carbocycles. The molecule has 0 spiro atoms. The maximum absolute atomic E-state index is 13.9. The Kier molecular flexibility index (Phi) is 10.7. The molecule has 0 bridgehead atoms. The van der Waals surface area contributed by atoms with Crippen LogP contribution in [0.4, 0.5) is 0 Å². The van der Waals surface area contributed by atoms with E-state index >= 15 is 0 Å². The van der Waals surface area contributed by atoms with Gasteiger partial charge in [0, 0.05) is 47.7 Å². The summed E-state index contributed by atoms with van der Waals surface area (Å²) in [6, 6.07) is 12.3. The topological polar surface area (TPSA) is 160 Å². The van der Waals surface area contributed by atoms with Crippen LogP contribution in [0.3, 0.4) is 0 Å². The first-order chi connectivity index (χ1) is 22.5. The van der Waals surface area contributed by atoms with Gasteiger partial charge in [-0.15, -0.1) is 0 Å². The molecular formula is C32H35Cl2N7O5S. The molecule has 1 aliphatic rings. The molecule has 1 fully saturated rings. The van der Waals surface area contributed by atoms with Gasteiger partial charge in [-0.1, -0.05) is 35.3 Å². The maximum atomic E-state index is 13.9. The van der Waals surface area contributed by atoms with Gasteiger partial charge in [-0.25, -0.2) is 13.4 Å². The number of nitrogens with one attached hydrogen (secondary N) is 2. The third-order valence-corrected chi connectivity index (χ3v) is 10.9. The number of pyridine rings is 1. The van der Waals surface area contributed by atoms with Gasteiger partial charge in [-0.3, -0.25) is 9.59 Å². The van der Waals surface area contributed by atoms with Crippen LogP contribution >= 0.6 is 23.2 Å². The number of hydrazone groups is 1. The van der Waals surface area contributed by atoms with Gasteiger partial charge in [0.2, 0.25) is 15.9 Å². The average molecular weight is 701 g/mol. The second kappa shape index (κ2) is 14.7. The second-order valence-electron chi connectivity index (χ2n) is 11.0. The highest BCUT2D eigenvalue weighted by Crippen LogP contribution is 2.36. The standard InChI is InChI=1S/C32H35Cl2N7O5S/c1-20-21(2)40-16-4-7-27(30(40)39-20)46-19-24-25(33)12-13-28(29(24)34)47(44,45)41-17-3-6-26(41)32(43)37-15-5-14-36-31(42)23-10-8-22(9-11-23)18-38-35/h4,7-13,16,18,26H,3,5-6,14-15,17,19,35H2,1-2H3,(H,36,42)(H,37,43)/t26-/m0/s1. The van der Waals surface area contributed by atoms with Gasteiger partial charge in [-0.05, 0) is 75.1 Å². The van der Waals surface area contributed by atoms with Gasteiger partial charge in [0.1, 0.15) is 17.5 Å². The summed E-state index contributed by atoms with van der Waals surface area (Å²) in [4.78, 5) is 29.9. The number of rotatable bonds is 12.